The van der Waals surface area contributed by atoms with Crippen molar-refractivity contribution in [2.45, 2.75) is 39.7 Å². The largest absolute Gasteiger partial charge is 0.497 e. The summed E-state index contributed by atoms with van der Waals surface area (Å²) < 4.78 is 10.5. The molecule has 0 spiro atoms. The van der Waals surface area contributed by atoms with Crippen molar-refractivity contribution in [1.82, 2.24) is 14.9 Å². The van der Waals surface area contributed by atoms with E-state index < -0.39 is 0 Å². The van der Waals surface area contributed by atoms with Crippen LogP contribution in [0.25, 0.3) is 0 Å². The first-order valence-corrected chi connectivity index (χ1v) is 11.2. The van der Waals surface area contributed by atoms with Gasteiger partial charge < -0.3 is 19.3 Å². The van der Waals surface area contributed by atoms with Gasteiger partial charge in [0.15, 0.2) is 0 Å². The first kappa shape index (κ1) is 22.0. The van der Waals surface area contributed by atoms with Crippen molar-refractivity contribution < 1.29 is 19.1 Å². The van der Waals surface area contributed by atoms with Crippen LogP contribution in [0.5, 0.6) is 5.75 Å². The SMILES string of the molecule is CCOC(=O)C1CCN(c2nc(C)nc3c2CN(C(=O)c2cccc(OC)c2)CC3)CC1. The van der Waals surface area contributed by atoms with E-state index in [1.165, 1.54) is 0 Å². The number of nitrogens with zero attached hydrogens (tertiary/aromatic N) is 4. The van der Waals surface area contributed by atoms with Gasteiger partial charge in [0.05, 0.1) is 31.9 Å². The van der Waals surface area contributed by atoms with Crippen LogP contribution in [0.2, 0.25) is 0 Å². The van der Waals surface area contributed by atoms with Gasteiger partial charge in [-0.2, -0.15) is 0 Å². The molecule has 0 bridgehead atoms. The van der Waals surface area contributed by atoms with Crippen LogP contribution < -0.4 is 9.64 Å². The zero-order chi connectivity index (χ0) is 22.7. The highest BCUT2D eigenvalue weighted by atomic mass is 16.5. The number of carbonyl (C=O) groups excluding carboxylic acids is 2. The van der Waals surface area contributed by atoms with Gasteiger partial charge in [-0.15, -0.1) is 0 Å². The molecule has 1 saturated heterocycles. The summed E-state index contributed by atoms with van der Waals surface area (Å²) in [7, 11) is 1.60. The van der Waals surface area contributed by atoms with Gasteiger partial charge in [-0.05, 0) is 44.9 Å². The smallest absolute Gasteiger partial charge is 0.309 e. The second-order valence-corrected chi connectivity index (χ2v) is 8.24. The Kier molecular flexibility index (Phi) is 6.58. The van der Waals surface area contributed by atoms with E-state index in [1.54, 1.807) is 13.2 Å². The van der Waals surface area contributed by atoms with Gasteiger partial charge >= 0.3 is 5.97 Å². The van der Waals surface area contributed by atoms with Crippen molar-refractivity contribution in [3.8, 4) is 5.75 Å². The van der Waals surface area contributed by atoms with Crippen molar-refractivity contribution in [2.75, 3.05) is 38.3 Å². The molecule has 0 N–H and O–H groups in total. The molecule has 2 aliphatic heterocycles. The predicted molar refractivity (Wildman–Crippen MR) is 120 cm³/mol. The number of esters is 1. The fourth-order valence-electron chi connectivity index (χ4n) is 4.48. The summed E-state index contributed by atoms with van der Waals surface area (Å²) in [5.41, 5.74) is 2.63. The Labute approximate surface area is 188 Å². The lowest BCUT2D eigenvalue weighted by Crippen LogP contribution is -2.41. The number of anilines is 1. The van der Waals surface area contributed by atoms with Crippen LogP contribution in [-0.2, 0) is 22.5 Å². The molecule has 1 aromatic carbocycles. The molecular weight excluding hydrogens is 408 g/mol. The third-order valence-electron chi connectivity index (χ3n) is 6.17. The summed E-state index contributed by atoms with van der Waals surface area (Å²) in [6.45, 7) is 6.70. The highest BCUT2D eigenvalue weighted by Gasteiger charge is 2.31. The Bertz CT molecular complexity index is 1000. The number of aryl methyl sites for hydroxylation is 1. The molecule has 32 heavy (non-hydrogen) atoms. The highest BCUT2D eigenvalue weighted by Crippen LogP contribution is 2.31. The third kappa shape index (κ3) is 4.54. The number of carbonyl (C=O) groups is 2. The molecule has 8 nitrogen and oxygen atoms in total. The van der Waals surface area contributed by atoms with E-state index in [0.717, 1.165) is 48.8 Å². The van der Waals surface area contributed by atoms with E-state index in [-0.39, 0.29) is 17.8 Å². The molecule has 8 heteroatoms. The van der Waals surface area contributed by atoms with Crippen LogP contribution in [0.1, 0.15) is 47.2 Å². The number of ether oxygens (including phenoxy) is 2. The van der Waals surface area contributed by atoms with Gasteiger partial charge in [0.1, 0.15) is 17.4 Å². The molecule has 170 valence electrons. The van der Waals surface area contributed by atoms with Crippen molar-refractivity contribution >= 4 is 17.7 Å². The van der Waals surface area contributed by atoms with Crippen LogP contribution in [0.3, 0.4) is 0 Å². The molecule has 0 radical (unpaired) electrons. The van der Waals surface area contributed by atoms with Gasteiger partial charge in [-0.3, -0.25) is 9.59 Å². The second-order valence-electron chi connectivity index (χ2n) is 8.24. The molecule has 0 atom stereocenters. The molecule has 0 unspecified atom stereocenters. The number of hydrogen-bond acceptors (Lipinski definition) is 7. The Balaban J connectivity index is 1.53. The average Bonchev–Trinajstić information content (AvgIpc) is 2.83. The number of amides is 1. The lowest BCUT2D eigenvalue weighted by Gasteiger charge is -2.36. The van der Waals surface area contributed by atoms with Crippen molar-refractivity contribution in [1.29, 1.82) is 0 Å². The van der Waals surface area contributed by atoms with E-state index in [9.17, 15) is 9.59 Å². The quantitative estimate of drug-likeness (QED) is 0.664. The summed E-state index contributed by atoms with van der Waals surface area (Å²) >= 11 is 0. The van der Waals surface area contributed by atoms with E-state index in [1.807, 2.05) is 36.9 Å². The monoisotopic (exact) mass is 438 g/mol. The molecular formula is C24H30N4O4. The van der Waals surface area contributed by atoms with Crippen LogP contribution in [0.4, 0.5) is 5.82 Å². The molecule has 1 amide bonds. The molecule has 1 aromatic heterocycles. The molecule has 0 saturated carbocycles. The molecule has 2 aliphatic rings. The van der Waals surface area contributed by atoms with Crippen molar-refractivity contribution in [3.63, 3.8) is 0 Å². The van der Waals surface area contributed by atoms with Gasteiger partial charge in [0.25, 0.3) is 5.91 Å². The zero-order valence-corrected chi connectivity index (χ0v) is 19.0. The predicted octanol–water partition coefficient (Wildman–Crippen LogP) is 2.77. The summed E-state index contributed by atoms with van der Waals surface area (Å²) in [6.07, 6.45) is 2.17. The fourth-order valence-corrected chi connectivity index (χ4v) is 4.48. The van der Waals surface area contributed by atoms with Gasteiger partial charge in [0, 0.05) is 37.2 Å². The van der Waals surface area contributed by atoms with Crippen LogP contribution >= 0.6 is 0 Å². The topological polar surface area (TPSA) is 84.9 Å². The maximum absolute atomic E-state index is 13.2. The standard InChI is InChI=1S/C24H30N4O4/c1-4-32-24(30)17-8-11-27(12-9-17)22-20-15-28(13-10-21(20)25-16(2)26-22)23(29)18-6-5-7-19(14-18)31-3/h5-7,14,17H,4,8-13,15H2,1-3H3. The molecule has 1 fully saturated rings. The second kappa shape index (κ2) is 9.54. The Morgan fingerprint density at radius 2 is 1.94 bits per heavy atom. The number of benzene rings is 1. The van der Waals surface area contributed by atoms with E-state index in [2.05, 4.69) is 9.88 Å². The number of fused-ring (bicyclic) bond motifs is 1. The zero-order valence-electron chi connectivity index (χ0n) is 19.0. The number of methoxy groups -OCH3 is 1. The molecule has 2 aromatic rings. The van der Waals surface area contributed by atoms with Crippen molar-refractivity contribution in [2.24, 2.45) is 5.92 Å². The normalized spacial score (nSPS) is 16.5. The van der Waals surface area contributed by atoms with Crippen LogP contribution in [0, 0.1) is 12.8 Å². The van der Waals surface area contributed by atoms with E-state index >= 15 is 0 Å². The lowest BCUT2D eigenvalue weighted by atomic mass is 9.96. The molecule has 4 rings (SSSR count). The summed E-state index contributed by atoms with van der Waals surface area (Å²) in [5, 5.41) is 0. The minimum absolute atomic E-state index is 0.0258. The Morgan fingerprint density at radius 1 is 1.16 bits per heavy atom. The fraction of sp³-hybridized carbons (Fsp3) is 0.500. The molecule has 0 aliphatic carbocycles. The van der Waals surface area contributed by atoms with Crippen LogP contribution in [0.15, 0.2) is 24.3 Å². The third-order valence-corrected chi connectivity index (χ3v) is 6.17. The Hall–Kier alpha value is -3.16. The summed E-state index contributed by atoms with van der Waals surface area (Å²) in [6, 6.07) is 7.24. The van der Waals surface area contributed by atoms with Crippen LogP contribution in [-0.4, -0.2) is 60.1 Å². The number of aromatic nitrogens is 2. The molecule has 3 heterocycles. The van der Waals surface area contributed by atoms with E-state index in [0.29, 0.717) is 37.4 Å². The Morgan fingerprint density at radius 3 is 2.66 bits per heavy atom. The van der Waals surface area contributed by atoms with E-state index in [4.69, 9.17) is 14.5 Å². The lowest BCUT2D eigenvalue weighted by molar-refractivity contribution is -0.148. The van der Waals surface area contributed by atoms with Gasteiger partial charge in [-0.1, -0.05) is 6.07 Å². The number of hydrogen-bond donors (Lipinski definition) is 0. The number of rotatable bonds is 5. The first-order chi connectivity index (χ1) is 15.5. The highest BCUT2D eigenvalue weighted by molar-refractivity contribution is 5.94. The van der Waals surface area contributed by atoms with Gasteiger partial charge in [-0.25, -0.2) is 9.97 Å². The average molecular weight is 439 g/mol. The first-order valence-electron chi connectivity index (χ1n) is 11.2. The number of piperidine rings is 1. The maximum Gasteiger partial charge on any atom is 0.309 e. The summed E-state index contributed by atoms with van der Waals surface area (Å²) in [5.74, 6) is 2.09. The minimum Gasteiger partial charge on any atom is -0.497 e. The maximum atomic E-state index is 13.2. The van der Waals surface area contributed by atoms with Gasteiger partial charge in [0.2, 0.25) is 0 Å². The summed E-state index contributed by atoms with van der Waals surface area (Å²) in [4.78, 5) is 38.8. The minimum atomic E-state index is -0.108. The van der Waals surface area contributed by atoms with Crippen molar-refractivity contribution in [3.05, 3.63) is 46.9 Å².